The predicted molar refractivity (Wildman–Crippen MR) is 129 cm³/mol. The number of carbonyl (C=O) groups excluding carboxylic acids is 1. The Labute approximate surface area is 199 Å². The summed E-state index contributed by atoms with van der Waals surface area (Å²) in [7, 11) is -0.693. The number of nitrogens with one attached hydrogen (secondary N) is 1. The van der Waals surface area contributed by atoms with E-state index in [2.05, 4.69) is 10.3 Å². The average molecular weight is 482 g/mol. The van der Waals surface area contributed by atoms with Crippen LogP contribution in [0.1, 0.15) is 41.2 Å². The van der Waals surface area contributed by atoms with E-state index >= 15 is 0 Å². The zero-order chi connectivity index (χ0) is 24.1. The SMILES string of the molecule is COc1cc(OC)cc(C(=O)Nc2ccc(S(=O)(=O)N3CCCC[C@H]3c3cccnc3)cc2)c1. The van der Waals surface area contributed by atoms with Gasteiger partial charge in [0.25, 0.3) is 5.91 Å². The minimum atomic E-state index is -3.71. The highest BCUT2D eigenvalue weighted by Crippen LogP contribution is 2.35. The van der Waals surface area contributed by atoms with Crippen LogP contribution in [0.2, 0.25) is 0 Å². The fraction of sp³-hybridized carbons (Fsp3) is 0.280. The van der Waals surface area contributed by atoms with E-state index in [9.17, 15) is 13.2 Å². The Morgan fingerprint density at radius 2 is 1.74 bits per heavy atom. The minimum absolute atomic E-state index is 0.185. The maximum absolute atomic E-state index is 13.5. The van der Waals surface area contributed by atoms with Gasteiger partial charge in [-0.1, -0.05) is 12.5 Å². The number of piperidine rings is 1. The number of methoxy groups -OCH3 is 2. The van der Waals surface area contributed by atoms with Gasteiger partial charge >= 0.3 is 0 Å². The number of nitrogens with zero attached hydrogens (tertiary/aromatic N) is 2. The first-order valence-electron chi connectivity index (χ1n) is 11.0. The van der Waals surface area contributed by atoms with Crippen molar-refractivity contribution < 1.29 is 22.7 Å². The lowest BCUT2D eigenvalue weighted by Gasteiger charge is -2.34. The van der Waals surface area contributed by atoms with Gasteiger partial charge in [-0.2, -0.15) is 4.31 Å². The summed E-state index contributed by atoms with van der Waals surface area (Å²) in [6, 6.07) is 14.6. The molecular weight excluding hydrogens is 454 g/mol. The molecule has 34 heavy (non-hydrogen) atoms. The van der Waals surface area contributed by atoms with Crippen molar-refractivity contribution >= 4 is 21.6 Å². The molecule has 1 atom stereocenters. The molecular formula is C25H27N3O5S. The van der Waals surface area contributed by atoms with Crippen molar-refractivity contribution in [3.63, 3.8) is 0 Å². The summed E-state index contributed by atoms with van der Waals surface area (Å²) in [6.07, 6.45) is 5.94. The first-order chi connectivity index (χ1) is 16.4. The van der Waals surface area contributed by atoms with E-state index in [-0.39, 0.29) is 16.8 Å². The van der Waals surface area contributed by atoms with Gasteiger partial charge in [-0.15, -0.1) is 0 Å². The molecule has 178 valence electrons. The molecule has 8 nitrogen and oxygen atoms in total. The Morgan fingerprint density at radius 3 is 2.35 bits per heavy atom. The molecule has 0 aliphatic carbocycles. The first kappa shape index (κ1) is 23.7. The Morgan fingerprint density at radius 1 is 1.03 bits per heavy atom. The second kappa shape index (κ2) is 10.2. The average Bonchev–Trinajstić information content (AvgIpc) is 2.89. The Balaban J connectivity index is 1.53. The van der Waals surface area contributed by atoms with Crippen molar-refractivity contribution in [1.29, 1.82) is 0 Å². The van der Waals surface area contributed by atoms with Crippen molar-refractivity contribution in [2.24, 2.45) is 0 Å². The molecule has 0 bridgehead atoms. The molecule has 1 aliphatic heterocycles. The summed E-state index contributed by atoms with van der Waals surface area (Å²) in [5.41, 5.74) is 1.73. The van der Waals surface area contributed by atoms with Gasteiger partial charge in [0, 0.05) is 36.3 Å². The number of rotatable bonds is 7. The molecule has 2 heterocycles. The van der Waals surface area contributed by atoms with Gasteiger partial charge in [0.2, 0.25) is 10.0 Å². The standard InChI is InChI=1S/C25H27N3O5S/c1-32-21-14-19(15-22(16-21)33-2)25(29)27-20-8-10-23(11-9-20)34(30,31)28-13-4-3-7-24(28)18-6-5-12-26-17-18/h5-6,8-12,14-17,24H,3-4,7,13H2,1-2H3,(H,27,29)/t24-/m0/s1. The molecule has 1 aromatic heterocycles. The molecule has 1 amide bonds. The quantitative estimate of drug-likeness (QED) is 0.541. The van der Waals surface area contributed by atoms with E-state index in [1.165, 1.54) is 26.4 Å². The van der Waals surface area contributed by atoms with Crippen LogP contribution in [-0.4, -0.2) is 44.4 Å². The topological polar surface area (TPSA) is 97.8 Å². The van der Waals surface area contributed by atoms with E-state index in [4.69, 9.17) is 9.47 Å². The molecule has 4 rings (SSSR count). The summed E-state index contributed by atoms with van der Waals surface area (Å²) in [4.78, 5) is 17.1. The van der Waals surface area contributed by atoms with E-state index in [0.29, 0.717) is 29.3 Å². The molecule has 0 spiro atoms. The smallest absolute Gasteiger partial charge is 0.255 e. The van der Waals surface area contributed by atoms with Crippen LogP contribution in [0.25, 0.3) is 0 Å². The number of sulfonamides is 1. The van der Waals surface area contributed by atoms with Gasteiger partial charge in [-0.25, -0.2) is 8.42 Å². The van der Waals surface area contributed by atoms with Gasteiger partial charge in [0.15, 0.2) is 0 Å². The van der Waals surface area contributed by atoms with Crippen molar-refractivity contribution in [1.82, 2.24) is 9.29 Å². The molecule has 1 saturated heterocycles. The summed E-state index contributed by atoms with van der Waals surface area (Å²) >= 11 is 0. The molecule has 0 radical (unpaired) electrons. The lowest BCUT2D eigenvalue weighted by atomic mass is 9.99. The van der Waals surface area contributed by atoms with Crippen molar-refractivity contribution in [3.8, 4) is 11.5 Å². The number of anilines is 1. The maximum atomic E-state index is 13.5. The summed E-state index contributed by atoms with van der Waals surface area (Å²) in [5, 5.41) is 2.79. The highest BCUT2D eigenvalue weighted by molar-refractivity contribution is 7.89. The van der Waals surface area contributed by atoms with Crippen LogP contribution in [0.5, 0.6) is 11.5 Å². The number of aromatic nitrogens is 1. The van der Waals surface area contributed by atoms with Crippen LogP contribution in [0.15, 0.2) is 71.9 Å². The highest BCUT2D eigenvalue weighted by Gasteiger charge is 2.34. The lowest BCUT2D eigenvalue weighted by molar-refractivity contribution is 0.102. The van der Waals surface area contributed by atoms with Gasteiger partial charge in [0.05, 0.1) is 25.2 Å². The maximum Gasteiger partial charge on any atom is 0.255 e. The third-order valence-corrected chi connectivity index (χ3v) is 7.78. The summed E-state index contributed by atoms with van der Waals surface area (Å²) < 4.78 is 38.9. The number of ether oxygens (including phenoxy) is 2. The van der Waals surface area contributed by atoms with Gasteiger partial charge in [0.1, 0.15) is 11.5 Å². The van der Waals surface area contributed by atoms with Crippen LogP contribution < -0.4 is 14.8 Å². The van der Waals surface area contributed by atoms with Crippen LogP contribution in [0, 0.1) is 0 Å². The lowest BCUT2D eigenvalue weighted by Crippen LogP contribution is -2.38. The zero-order valence-electron chi connectivity index (χ0n) is 19.1. The largest absolute Gasteiger partial charge is 0.497 e. The molecule has 1 aliphatic rings. The van der Waals surface area contributed by atoms with Gasteiger partial charge < -0.3 is 14.8 Å². The van der Waals surface area contributed by atoms with Crippen molar-refractivity contribution in [3.05, 3.63) is 78.1 Å². The second-order valence-electron chi connectivity index (χ2n) is 7.99. The Hall–Kier alpha value is -3.43. The molecule has 9 heteroatoms. The van der Waals surface area contributed by atoms with Crippen LogP contribution in [0.4, 0.5) is 5.69 Å². The fourth-order valence-electron chi connectivity index (χ4n) is 4.09. The fourth-order valence-corrected chi connectivity index (χ4v) is 5.77. The monoisotopic (exact) mass is 481 g/mol. The third-order valence-electron chi connectivity index (χ3n) is 5.86. The number of hydrogen-bond donors (Lipinski definition) is 1. The minimum Gasteiger partial charge on any atom is -0.497 e. The normalized spacial score (nSPS) is 16.6. The molecule has 3 aromatic rings. The molecule has 1 fully saturated rings. The van der Waals surface area contributed by atoms with E-state index in [1.54, 1.807) is 47.0 Å². The number of pyridine rings is 1. The van der Waals surface area contributed by atoms with Crippen LogP contribution in [0.3, 0.4) is 0 Å². The number of hydrogen-bond acceptors (Lipinski definition) is 6. The van der Waals surface area contributed by atoms with Crippen LogP contribution in [-0.2, 0) is 10.0 Å². The first-order valence-corrected chi connectivity index (χ1v) is 12.4. The van der Waals surface area contributed by atoms with Crippen LogP contribution >= 0.6 is 0 Å². The van der Waals surface area contributed by atoms with Gasteiger partial charge in [-0.05, 0) is 60.9 Å². The predicted octanol–water partition coefficient (Wildman–Crippen LogP) is 4.27. The molecule has 1 N–H and O–H groups in total. The molecule has 0 unspecified atom stereocenters. The summed E-state index contributed by atoms with van der Waals surface area (Å²) in [5.74, 6) is 0.631. The number of benzene rings is 2. The molecule has 0 saturated carbocycles. The second-order valence-corrected chi connectivity index (χ2v) is 9.88. The third kappa shape index (κ3) is 5.05. The van der Waals surface area contributed by atoms with E-state index in [0.717, 1.165) is 24.8 Å². The Bertz CT molecular complexity index is 1230. The highest BCUT2D eigenvalue weighted by atomic mass is 32.2. The Kier molecular flexibility index (Phi) is 7.14. The zero-order valence-corrected chi connectivity index (χ0v) is 19.9. The number of amides is 1. The molecule has 2 aromatic carbocycles. The summed E-state index contributed by atoms with van der Waals surface area (Å²) in [6.45, 7) is 0.456. The number of carbonyl (C=O) groups is 1. The van der Waals surface area contributed by atoms with Gasteiger partial charge in [-0.3, -0.25) is 9.78 Å². The van der Waals surface area contributed by atoms with E-state index in [1.807, 2.05) is 12.1 Å². The van der Waals surface area contributed by atoms with E-state index < -0.39 is 10.0 Å². The van der Waals surface area contributed by atoms with Crippen molar-refractivity contribution in [2.45, 2.75) is 30.2 Å². The van der Waals surface area contributed by atoms with Crippen molar-refractivity contribution in [2.75, 3.05) is 26.1 Å².